The van der Waals surface area contributed by atoms with Crippen molar-refractivity contribution in [3.63, 3.8) is 0 Å². The summed E-state index contributed by atoms with van der Waals surface area (Å²) in [5.74, 6) is -1.33. The van der Waals surface area contributed by atoms with Crippen LogP contribution >= 0.6 is 0 Å². The largest absolute Gasteiger partial charge is 0.461 e. The van der Waals surface area contributed by atoms with Gasteiger partial charge in [0.2, 0.25) is 0 Å². The second kappa shape index (κ2) is 7.66. The average Bonchev–Trinajstić information content (AvgIpc) is 2.82. The molecule has 0 spiro atoms. The van der Waals surface area contributed by atoms with Gasteiger partial charge >= 0.3 is 12.1 Å². The molecule has 1 aromatic heterocycles. The van der Waals surface area contributed by atoms with Gasteiger partial charge in [-0.15, -0.1) is 0 Å². The maximum absolute atomic E-state index is 12.9. The van der Waals surface area contributed by atoms with Gasteiger partial charge in [-0.05, 0) is 37.3 Å². The minimum atomic E-state index is -4.51. The number of ether oxygens (including phenoxy) is 1. The monoisotopic (exact) mass is 323 g/mol. The van der Waals surface area contributed by atoms with E-state index in [0.717, 1.165) is 12.1 Å². The fourth-order valence-corrected chi connectivity index (χ4v) is 1.86. The Hall–Kier alpha value is -1.78. The number of carbonyl (C=O) groups is 1. The Bertz CT molecular complexity index is 668. The molecular weight excluding hydrogens is 311 g/mol. The summed E-state index contributed by atoms with van der Waals surface area (Å²) in [6.07, 6.45) is -4.51. The van der Waals surface area contributed by atoms with Gasteiger partial charge in [0.15, 0.2) is 5.69 Å². The minimum Gasteiger partial charge on any atom is -0.461 e. The number of hydrogen-bond donors (Lipinski definition) is 0. The van der Waals surface area contributed by atoms with E-state index in [9.17, 15) is 22.4 Å². The minimum absolute atomic E-state index is 0. The van der Waals surface area contributed by atoms with Gasteiger partial charge in [0.05, 0.1) is 12.3 Å². The molecule has 0 unspecified atom stereocenters. The molecule has 2 aromatic rings. The summed E-state index contributed by atoms with van der Waals surface area (Å²) in [5.41, 5.74) is 0.138. The van der Waals surface area contributed by atoms with Gasteiger partial charge in [0.25, 0.3) is 0 Å². The molecule has 1 aromatic carbocycles. The molecule has 9 heteroatoms. The van der Waals surface area contributed by atoms with Crippen LogP contribution in [0.25, 0.3) is 11.3 Å². The zero-order valence-electron chi connectivity index (χ0n) is 12.5. The Balaban J connectivity index is 0.00000264. The van der Waals surface area contributed by atoms with Crippen LogP contribution in [0.5, 0.6) is 0 Å². The van der Waals surface area contributed by atoms with Gasteiger partial charge in [0.1, 0.15) is 12.4 Å². The van der Waals surface area contributed by atoms with Gasteiger partial charge in [-0.25, -0.2) is 9.18 Å². The molecule has 0 N–H and O–H groups in total. The molecule has 4 nitrogen and oxygen atoms in total. The van der Waals surface area contributed by atoms with Crippen molar-refractivity contribution in [1.82, 2.24) is 9.78 Å². The smallest absolute Gasteiger partial charge is 0.408 e. The predicted octanol–water partition coefficient (Wildman–Crippen LogP) is 3.05. The van der Waals surface area contributed by atoms with Crippen LogP contribution in [0.1, 0.15) is 17.4 Å². The fourth-order valence-electron chi connectivity index (χ4n) is 1.86. The maximum Gasteiger partial charge on any atom is 0.408 e. The summed E-state index contributed by atoms with van der Waals surface area (Å²) in [6, 6.07) is 6.05. The van der Waals surface area contributed by atoms with Gasteiger partial charge < -0.3 is 4.74 Å². The van der Waals surface area contributed by atoms with Crippen molar-refractivity contribution in [2.75, 3.05) is 6.61 Å². The molecule has 0 aliphatic carbocycles. The van der Waals surface area contributed by atoms with Gasteiger partial charge in [-0.2, -0.15) is 18.3 Å². The number of halogens is 4. The second-order valence-corrected chi connectivity index (χ2v) is 4.42. The van der Waals surface area contributed by atoms with E-state index < -0.39 is 24.5 Å². The van der Waals surface area contributed by atoms with Crippen molar-refractivity contribution in [3.05, 3.63) is 41.8 Å². The van der Waals surface area contributed by atoms with Crippen LogP contribution in [-0.2, 0) is 11.3 Å². The summed E-state index contributed by atoms with van der Waals surface area (Å²) >= 11 is 0. The number of benzene rings is 1. The number of carbonyl (C=O) groups excluding carboxylic acids is 1. The number of rotatable bonds is 4. The zero-order valence-corrected chi connectivity index (χ0v) is 12.5. The Morgan fingerprint density at radius 3 is 2.39 bits per heavy atom. The van der Waals surface area contributed by atoms with Crippen molar-refractivity contribution < 1.29 is 27.1 Å². The number of esters is 1. The van der Waals surface area contributed by atoms with Crippen molar-refractivity contribution in [2.24, 2.45) is 0 Å². The number of nitrogens with zero attached hydrogens (tertiary/aromatic N) is 2. The first-order valence-electron chi connectivity index (χ1n) is 6.38. The molecule has 1 radical (unpaired) electrons. The second-order valence-electron chi connectivity index (χ2n) is 4.42. The first kappa shape index (κ1) is 19.3. The van der Waals surface area contributed by atoms with Crippen LogP contribution in [-0.4, -0.2) is 47.4 Å². The van der Waals surface area contributed by atoms with Gasteiger partial charge in [0, 0.05) is 24.4 Å². The molecular formula is C14H12F4LiN2O2. The molecule has 0 saturated carbocycles. The first-order valence-corrected chi connectivity index (χ1v) is 6.38. The number of aromatic nitrogens is 2. The Morgan fingerprint density at radius 2 is 1.87 bits per heavy atom. The van der Waals surface area contributed by atoms with E-state index in [1.54, 1.807) is 6.92 Å². The van der Waals surface area contributed by atoms with Crippen LogP contribution in [0.15, 0.2) is 30.3 Å². The normalized spacial score (nSPS) is 11.0. The van der Waals surface area contributed by atoms with E-state index in [-0.39, 0.29) is 36.9 Å². The molecule has 119 valence electrons. The van der Waals surface area contributed by atoms with E-state index in [2.05, 4.69) is 5.10 Å². The molecule has 2 rings (SSSR count). The van der Waals surface area contributed by atoms with Crippen LogP contribution in [0.2, 0.25) is 0 Å². The molecule has 0 aliphatic rings. The third kappa shape index (κ3) is 5.12. The van der Waals surface area contributed by atoms with E-state index in [0.29, 0.717) is 10.2 Å². The van der Waals surface area contributed by atoms with Gasteiger partial charge in [-0.3, -0.25) is 4.68 Å². The summed E-state index contributed by atoms with van der Waals surface area (Å²) in [6.45, 7) is 0.293. The van der Waals surface area contributed by atoms with Crippen LogP contribution in [0, 0.1) is 5.82 Å². The Kier molecular flexibility index (Phi) is 6.42. The molecule has 1 heterocycles. The van der Waals surface area contributed by atoms with E-state index in [4.69, 9.17) is 4.74 Å². The summed E-state index contributed by atoms with van der Waals surface area (Å²) in [5, 5.41) is 3.64. The quantitative estimate of drug-likeness (QED) is 0.493. The third-order valence-electron chi connectivity index (χ3n) is 2.73. The molecule has 0 aliphatic heterocycles. The van der Waals surface area contributed by atoms with Gasteiger partial charge in [-0.1, -0.05) is 0 Å². The molecule has 23 heavy (non-hydrogen) atoms. The summed E-state index contributed by atoms with van der Waals surface area (Å²) < 4.78 is 56.2. The molecule has 0 amide bonds. The molecule has 0 saturated heterocycles. The maximum atomic E-state index is 12.9. The Morgan fingerprint density at radius 1 is 1.26 bits per heavy atom. The standard InChI is InChI=1S/C14H12F4N2O2.Li/c1-2-22-13(21)11-7-12(9-3-5-10(15)6-4-9)20(19-11)8-14(16,17)18;/h3-7H,2,8H2,1H3;. The Labute approximate surface area is 141 Å². The van der Waals surface area contributed by atoms with Crippen LogP contribution in [0.3, 0.4) is 0 Å². The fraction of sp³-hybridized carbons (Fsp3) is 0.286. The average molecular weight is 323 g/mol. The number of alkyl halides is 3. The zero-order chi connectivity index (χ0) is 16.3. The molecule has 0 atom stereocenters. The molecule has 0 fully saturated rings. The summed E-state index contributed by atoms with van der Waals surface area (Å²) in [7, 11) is 0. The first-order chi connectivity index (χ1) is 10.3. The van der Waals surface area contributed by atoms with Crippen molar-refractivity contribution in [1.29, 1.82) is 0 Å². The van der Waals surface area contributed by atoms with Crippen LogP contribution in [0.4, 0.5) is 17.6 Å². The number of hydrogen-bond acceptors (Lipinski definition) is 3. The topological polar surface area (TPSA) is 44.1 Å². The van der Waals surface area contributed by atoms with E-state index in [1.807, 2.05) is 0 Å². The third-order valence-corrected chi connectivity index (χ3v) is 2.73. The van der Waals surface area contributed by atoms with Crippen molar-refractivity contribution >= 4 is 24.8 Å². The summed E-state index contributed by atoms with van der Waals surface area (Å²) in [4.78, 5) is 11.6. The van der Waals surface area contributed by atoms with Crippen molar-refractivity contribution in [3.8, 4) is 11.3 Å². The molecule has 0 bridgehead atoms. The van der Waals surface area contributed by atoms with Crippen molar-refractivity contribution in [2.45, 2.75) is 19.6 Å². The van der Waals surface area contributed by atoms with Crippen LogP contribution < -0.4 is 0 Å². The predicted molar refractivity (Wildman–Crippen MR) is 75.4 cm³/mol. The van der Waals surface area contributed by atoms with E-state index in [1.165, 1.54) is 18.2 Å². The van der Waals surface area contributed by atoms with E-state index >= 15 is 0 Å². The SMILES string of the molecule is CCOC(=O)c1cc(-c2ccc(F)cc2)n(CC(F)(F)F)n1.[Li].